The van der Waals surface area contributed by atoms with Crippen LogP contribution >= 0.6 is 0 Å². The monoisotopic (exact) mass is 441 g/mol. The maximum Gasteiger partial charge on any atom is 0.341 e. The Kier molecular flexibility index (Phi) is 4.68. The Balaban J connectivity index is 1.73. The molecule has 11 heteroatoms. The van der Waals surface area contributed by atoms with Crippen LogP contribution in [0, 0.1) is 11.7 Å². The molecule has 1 aliphatic carbocycles. The van der Waals surface area contributed by atoms with Gasteiger partial charge in [-0.3, -0.25) is 0 Å². The van der Waals surface area contributed by atoms with Gasteiger partial charge in [0.05, 0.1) is 23.6 Å². The van der Waals surface area contributed by atoms with E-state index in [4.69, 9.17) is 4.74 Å². The Morgan fingerprint density at radius 3 is 2.63 bits per heavy atom. The molecule has 1 aromatic heterocycles. The number of hydrogen-bond donors (Lipinski definition) is 0. The van der Waals surface area contributed by atoms with Crippen molar-refractivity contribution in [3.63, 3.8) is 0 Å². The summed E-state index contributed by atoms with van der Waals surface area (Å²) in [4.78, 5) is 16.2. The molecule has 30 heavy (non-hydrogen) atoms. The number of halogens is 3. The predicted octanol–water partition coefficient (Wildman–Crippen LogP) is 3.22. The van der Waals surface area contributed by atoms with Crippen LogP contribution < -0.4 is 8.61 Å². The number of esters is 1. The molecular formula is C19H18F3N3O4S. The highest BCUT2D eigenvalue weighted by Gasteiger charge is 2.59. The summed E-state index contributed by atoms with van der Waals surface area (Å²) < 4.78 is 73.6. The van der Waals surface area contributed by atoms with E-state index in [-0.39, 0.29) is 47.9 Å². The summed E-state index contributed by atoms with van der Waals surface area (Å²) in [6.07, 6.45) is -0.366. The first-order valence-corrected chi connectivity index (χ1v) is 10.6. The normalized spacial score (nSPS) is 20.8. The summed E-state index contributed by atoms with van der Waals surface area (Å²) in [5.74, 6) is -5.60. The van der Waals surface area contributed by atoms with E-state index in [1.54, 1.807) is 6.92 Å². The lowest BCUT2D eigenvalue weighted by Crippen LogP contribution is -2.37. The van der Waals surface area contributed by atoms with Gasteiger partial charge in [0.2, 0.25) is 0 Å². The van der Waals surface area contributed by atoms with Crippen molar-refractivity contribution in [3.8, 4) is 11.3 Å². The number of fused-ring (bicyclic) bond motifs is 1. The fourth-order valence-electron chi connectivity index (χ4n) is 3.36. The lowest BCUT2D eigenvalue weighted by atomic mass is 10.1. The van der Waals surface area contributed by atoms with E-state index in [1.165, 1.54) is 37.4 Å². The summed E-state index contributed by atoms with van der Waals surface area (Å²) in [6.45, 7) is 1.32. The zero-order valence-electron chi connectivity index (χ0n) is 16.1. The molecule has 7 nitrogen and oxygen atoms in total. The molecule has 2 aliphatic rings. The van der Waals surface area contributed by atoms with E-state index in [1.807, 2.05) is 0 Å². The fourth-order valence-corrected chi connectivity index (χ4v) is 4.76. The number of anilines is 2. The van der Waals surface area contributed by atoms with Gasteiger partial charge in [0.25, 0.3) is 5.92 Å². The van der Waals surface area contributed by atoms with Crippen LogP contribution in [0.3, 0.4) is 0 Å². The highest BCUT2D eigenvalue weighted by Crippen LogP contribution is 2.51. The summed E-state index contributed by atoms with van der Waals surface area (Å²) in [5, 5.41) is 0. The number of carbonyl (C=O) groups is 1. The molecule has 0 radical (unpaired) electrons. The minimum atomic E-state index is -4.07. The number of aromatic nitrogens is 1. The van der Waals surface area contributed by atoms with Gasteiger partial charge in [0.15, 0.2) is 5.82 Å². The fraction of sp³-hybridized carbons (Fsp3) is 0.368. The molecule has 2 heterocycles. The molecule has 1 unspecified atom stereocenters. The zero-order chi connectivity index (χ0) is 21.8. The number of alkyl halides is 2. The molecule has 160 valence electrons. The van der Waals surface area contributed by atoms with Crippen molar-refractivity contribution in [1.29, 1.82) is 0 Å². The van der Waals surface area contributed by atoms with Gasteiger partial charge in [-0.15, -0.1) is 0 Å². The molecule has 0 saturated heterocycles. The van der Waals surface area contributed by atoms with E-state index >= 15 is 0 Å². The number of carbonyl (C=O) groups excluding carboxylic acids is 1. The molecular weight excluding hydrogens is 423 g/mol. The molecule has 1 atom stereocenters. The molecule has 1 aromatic carbocycles. The second-order valence-corrected chi connectivity index (χ2v) is 8.98. The highest BCUT2D eigenvalue weighted by molar-refractivity contribution is 7.94. The molecule has 2 aromatic rings. The first-order chi connectivity index (χ1) is 14.1. The van der Waals surface area contributed by atoms with E-state index in [0.717, 1.165) is 8.61 Å². The summed E-state index contributed by atoms with van der Waals surface area (Å²) >= 11 is 0. The van der Waals surface area contributed by atoms with Crippen LogP contribution in [0.4, 0.5) is 24.7 Å². The molecule has 1 aliphatic heterocycles. The van der Waals surface area contributed by atoms with Crippen LogP contribution in [0.2, 0.25) is 0 Å². The molecule has 4 rings (SSSR count). The van der Waals surface area contributed by atoms with Crippen molar-refractivity contribution in [2.45, 2.75) is 19.3 Å². The number of hydrogen-bond acceptors (Lipinski definition) is 5. The van der Waals surface area contributed by atoms with Gasteiger partial charge in [-0.05, 0) is 31.2 Å². The average molecular weight is 441 g/mol. The first kappa shape index (κ1) is 20.5. The Bertz CT molecular complexity index is 1140. The Labute approximate surface area is 171 Å². The molecule has 0 spiro atoms. The van der Waals surface area contributed by atoms with Crippen molar-refractivity contribution in [1.82, 2.24) is 4.98 Å². The van der Waals surface area contributed by atoms with Crippen LogP contribution in [0.1, 0.15) is 23.7 Å². The van der Waals surface area contributed by atoms with Crippen LogP contribution in [-0.4, -0.2) is 45.5 Å². The molecule has 0 amide bonds. The molecule has 1 fully saturated rings. The lowest BCUT2D eigenvalue weighted by Gasteiger charge is -2.18. The van der Waals surface area contributed by atoms with Gasteiger partial charge in [0, 0.05) is 31.5 Å². The second-order valence-electron chi connectivity index (χ2n) is 7.10. The van der Waals surface area contributed by atoms with Crippen LogP contribution in [0.5, 0.6) is 0 Å². The smallest absolute Gasteiger partial charge is 0.341 e. The van der Waals surface area contributed by atoms with Gasteiger partial charge < -0.3 is 4.74 Å². The van der Waals surface area contributed by atoms with Crippen molar-refractivity contribution in [3.05, 3.63) is 41.7 Å². The SMILES string of the molecule is CCOC(=O)c1cccc(-c2ccc3c(n2)N(C)S(=O)(=O)N3CC2CC2(F)F)c1F. The Morgan fingerprint density at radius 2 is 2.00 bits per heavy atom. The summed E-state index contributed by atoms with van der Waals surface area (Å²) in [7, 11) is -2.81. The minimum absolute atomic E-state index is 0.00240. The van der Waals surface area contributed by atoms with Crippen LogP contribution in [0.25, 0.3) is 11.3 Å². The van der Waals surface area contributed by atoms with Crippen molar-refractivity contribution in [2.24, 2.45) is 5.92 Å². The van der Waals surface area contributed by atoms with Crippen LogP contribution in [0.15, 0.2) is 30.3 Å². The molecule has 1 saturated carbocycles. The summed E-state index contributed by atoms with van der Waals surface area (Å²) in [5.41, 5.74) is -0.0412. The minimum Gasteiger partial charge on any atom is -0.462 e. The molecule has 0 bridgehead atoms. The van der Waals surface area contributed by atoms with E-state index in [0.29, 0.717) is 0 Å². The number of nitrogens with zero attached hydrogens (tertiary/aromatic N) is 3. The number of pyridine rings is 1. The largest absolute Gasteiger partial charge is 0.462 e. The van der Waals surface area contributed by atoms with Crippen molar-refractivity contribution >= 4 is 27.7 Å². The Morgan fingerprint density at radius 1 is 1.30 bits per heavy atom. The third-order valence-electron chi connectivity index (χ3n) is 5.16. The van der Waals surface area contributed by atoms with Gasteiger partial charge in [0.1, 0.15) is 5.82 Å². The maximum absolute atomic E-state index is 14.9. The molecule has 0 N–H and O–H groups in total. The van der Waals surface area contributed by atoms with Gasteiger partial charge in [-0.25, -0.2) is 31.6 Å². The predicted molar refractivity (Wildman–Crippen MR) is 103 cm³/mol. The number of ether oxygens (including phenoxy) is 1. The standard InChI is InChI=1S/C19H18F3N3O4S/c1-3-29-18(26)13-6-4-5-12(16(13)20)14-7-8-15-17(23-14)24(2)30(27,28)25(15)10-11-9-19(11,21)22/h4-8,11H,3,9-10H2,1-2H3. The number of rotatable bonds is 5. The van der Waals surface area contributed by atoms with E-state index in [9.17, 15) is 26.4 Å². The quantitative estimate of drug-likeness (QED) is 0.666. The topological polar surface area (TPSA) is 79.8 Å². The van der Waals surface area contributed by atoms with Gasteiger partial charge in [-0.2, -0.15) is 8.42 Å². The maximum atomic E-state index is 14.9. The van der Waals surface area contributed by atoms with E-state index < -0.39 is 33.8 Å². The van der Waals surface area contributed by atoms with Crippen LogP contribution in [-0.2, 0) is 14.9 Å². The zero-order valence-corrected chi connectivity index (χ0v) is 16.9. The highest BCUT2D eigenvalue weighted by atomic mass is 32.2. The third-order valence-corrected chi connectivity index (χ3v) is 6.93. The Hall–Kier alpha value is -2.82. The van der Waals surface area contributed by atoms with Gasteiger partial charge >= 0.3 is 16.2 Å². The second kappa shape index (κ2) is 6.86. The average Bonchev–Trinajstić information content (AvgIpc) is 3.25. The summed E-state index contributed by atoms with van der Waals surface area (Å²) in [6, 6.07) is 6.92. The number of benzene rings is 1. The van der Waals surface area contributed by atoms with E-state index in [2.05, 4.69) is 4.98 Å². The van der Waals surface area contributed by atoms with Crippen molar-refractivity contribution < 1.29 is 31.1 Å². The first-order valence-electron chi connectivity index (χ1n) is 9.19. The van der Waals surface area contributed by atoms with Crippen molar-refractivity contribution in [2.75, 3.05) is 28.8 Å². The lowest BCUT2D eigenvalue weighted by molar-refractivity contribution is 0.0521. The van der Waals surface area contributed by atoms with Gasteiger partial charge in [-0.1, -0.05) is 6.07 Å². The third kappa shape index (κ3) is 3.17.